The summed E-state index contributed by atoms with van der Waals surface area (Å²) in [7, 11) is 0. The fourth-order valence-corrected chi connectivity index (χ4v) is 4.99. The van der Waals surface area contributed by atoms with Gasteiger partial charge in [0.25, 0.3) is 0 Å². The van der Waals surface area contributed by atoms with Crippen LogP contribution in [-0.2, 0) is 0 Å². The zero-order valence-electron chi connectivity index (χ0n) is 16.3. The summed E-state index contributed by atoms with van der Waals surface area (Å²) in [5.41, 5.74) is 1.75. The summed E-state index contributed by atoms with van der Waals surface area (Å²) >= 11 is 0. The molecule has 0 spiro atoms. The lowest BCUT2D eigenvalue weighted by atomic mass is 9.69. The Labute approximate surface area is 160 Å². The third-order valence-electron chi connectivity index (χ3n) is 6.73. The average Bonchev–Trinajstić information content (AvgIpc) is 2.72. The minimum Gasteiger partial charge on any atom is -0.192 e. The van der Waals surface area contributed by atoms with Crippen molar-refractivity contribution in [2.24, 2.45) is 23.7 Å². The maximum atomic E-state index is 8.86. The van der Waals surface area contributed by atoms with Crippen molar-refractivity contribution in [3.8, 4) is 17.9 Å². The fraction of sp³-hybridized carbons (Fsp3) is 0.640. The molecule has 2 saturated carbocycles. The van der Waals surface area contributed by atoms with E-state index in [1.807, 2.05) is 24.3 Å². The van der Waals surface area contributed by atoms with E-state index in [0.717, 1.165) is 23.3 Å². The maximum Gasteiger partial charge on any atom is 0.0991 e. The van der Waals surface area contributed by atoms with E-state index in [-0.39, 0.29) is 0 Å². The number of nitrogens with zero attached hydrogens (tertiary/aromatic N) is 1. The first kappa shape index (κ1) is 19.0. The molecule has 0 heterocycles. The Bertz CT molecular complexity index is 638. The quantitative estimate of drug-likeness (QED) is 0.555. The number of rotatable bonds is 4. The topological polar surface area (TPSA) is 23.8 Å². The lowest BCUT2D eigenvalue weighted by Crippen LogP contribution is -2.25. The largest absolute Gasteiger partial charge is 0.192 e. The molecule has 0 aliphatic heterocycles. The van der Waals surface area contributed by atoms with Crippen LogP contribution in [0.15, 0.2) is 24.3 Å². The van der Waals surface area contributed by atoms with E-state index in [2.05, 4.69) is 24.8 Å². The van der Waals surface area contributed by atoms with Crippen LogP contribution in [0.1, 0.15) is 88.7 Å². The van der Waals surface area contributed by atoms with Crippen molar-refractivity contribution in [2.45, 2.75) is 77.6 Å². The highest BCUT2D eigenvalue weighted by Gasteiger charge is 2.30. The van der Waals surface area contributed by atoms with Crippen molar-refractivity contribution >= 4 is 0 Å². The van der Waals surface area contributed by atoms with Crippen molar-refractivity contribution in [2.75, 3.05) is 0 Å². The van der Waals surface area contributed by atoms with Gasteiger partial charge in [-0.3, -0.25) is 0 Å². The molecule has 1 aromatic carbocycles. The van der Waals surface area contributed by atoms with Crippen LogP contribution in [0.3, 0.4) is 0 Å². The molecule has 0 aromatic heterocycles. The van der Waals surface area contributed by atoms with Gasteiger partial charge in [-0.2, -0.15) is 5.26 Å². The summed E-state index contributed by atoms with van der Waals surface area (Å²) in [5, 5.41) is 8.86. The van der Waals surface area contributed by atoms with Gasteiger partial charge in [-0.1, -0.05) is 50.9 Å². The Balaban J connectivity index is 1.42. The maximum absolute atomic E-state index is 8.86. The van der Waals surface area contributed by atoms with Gasteiger partial charge in [-0.05, 0) is 80.5 Å². The van der Waals surface area contributed by atoms with E-state index in [1.54, 1.807) is 0 Å². The van der Waals surface area contributed by atoms with Gasteiger partial charge in [-0.25, -0.2) is 0 Å². The highest BCUT2D eigenvalue weighted by atomic mass is 14.3. The molecule has 0 atom stereocenters. The molecule has 3 rings (SSSR count). The zero-order chi connectivity index (χ0) is 18.2. The molecule has 0 radical (unpaired) electrons. The summed E-state index contributed by atoms with van der Waals surface area (Å²) in [6.45, 7) is 2.31. The Morgan fingerprint density at radius 1 is 0.846 bits per heavy atom. The summed E-state index contributed by atoms with van der Waals surface area (Å²) in [6, 6.07) is 9.81. The number of nitriles is 1. The predicted molar refractivity (Wildman–Crippen MR) is 108 cm³/mol. The van der Waals surface area contributed by atoms with Gasteiger partial charge in [0, 0.05) is 11.5 Å². The average molecular weight is 348 g/mol. The van der Waals surface area contributed by atoms with Crippen molar-refractivity contribution in [1.29, 1.82) is 5.26 Å². The summed E-state index contributed by atoms with van der Waals surface area (Å²) in [6.07, 6.45) is 15.5. The molecule has 2 aliphatic rings. The first-order valence-corrected chi connectivity index (χ1v) is 10.8. The van der Waals surface area contributed by atoms with Gasteiger partial charge in [0.2, 0.25) is 0 Å². The second-order valence-corrected chi connectivity index (χ2v) is 8.49. The number of hydrogen-bond acceptors (Lipinski definition) is 1. The summed E-state index contributed by atoms with van der Waals surface area (Å²) < 4.78 is 0. The van der Waals surface area contributed by atoms with Gasteiger partial charge < -0.3 is 0 Å². The molecule has 0 amide bonds. The number of hydrogen-bond donors (Lipinski definition) is 0. The van der Waals surface area contributed by atoms with E-state index < -0.39 is 0 Å². The summed E-state index contributed by atoms with van der Waals surface area (Å²) in [4.78, 5) is 0. The smallest absolute Gasteiger partial charge is 0.0991 e. The van der Waals surface area contributed by atoms with E-state index in [1.165, 1.54) is 70.6 Å². The molecule has 1 nitrogen and oxygen atoms in total. The Hall–Kier alpha value is -1.73. The van der Waals surface area contributed by atoms with E-state index in [9.17, 15) is 0 Å². The molecule has 138 valence electrons. The Kier molecular flexibility index (Phi) is 7.20. The molecule has 1 aromatic rings. The van der Waals surface area contributed by atoms with Crippen molar-refractivity contribution in [3.63, 3.8) is 0 Å². The second-order valence-electron chi connectivity index (χ2n) is 8.49. The lowest BCUT2D eigenvalue weighted by Gasteiger charge is -2.37. The molecule has 0 saturated heterocycles. The van der Waals surface area contributed by atoms with Gasteiger partial charge in [0.15, 0.2) is 0 Å². The highest BCUT2D eigenvalue weighted by molar-refractivity contribution is 5.40. The number of unbranched alkanes of at least 4 members (excludes halogenated alkanes) is 1. The van der Waals surface area contributed by atoms with Crippen LogP contribution >= 0.6 is 0 Å². The number of benzene rings is 1. The van der Waals surface area contributed by atoms with Crippen LogP contribution in [0.25, 0.3) is 0 Å². The highest BCUT2D eigenvalue weighted by Crippen LogP contribution is 2.42. The van der Waals surface area contributed by atoms with Crippen molar-refractivity contribution < 1.29 is 0 Å². The second kappa shape index (κ2) is 9.83. The van der Waals surface area contributed by atoms with Gasteiger partial charge in [0.05, 0.1) is 11.6 Å². The third-order valence-corrected chi connectivity index (χ3v) is 6.73. The van der Waals surface area contributed by atoms with Crippen LogP contribution < -0.4 is 0 Å². The van der Waals surface area contributed by atoms with Crippen LogP contribution in [-0.4, -0.2) is 0 Å². The van der Waals surface area contributed by atoms with Crippen molar-refractivity contribution in [1.82, 2.24) is 0 Å². The zero-order valence-corrected chi connectivity index (χ0v) is 16.3. The standard InChI is InChI=1S/C25H33N/c1-2-3-4-20-11-15-24(16-12-20)25-17-13-22(14-18-25)6-5-21-7-9-23(19-26)10-8-21/h7-10,20,22,24-25H,2-4,11-18H2,1H3. The predicted octanol–water partition coefficient (Wildman–Crippen LogP) is 6.71. The first-order valence-electron chi connectivity index (χ1n) is 10.8. The molecule has 0 unspecified atom stereocenters. The third kappa shape index (κ3) is 5.38. The monoisotopic (exact) mass is 347 g/mol. The van der Waals surface area contributed by atoms with Crippen LogP contribution in [0.2, 0.25) is 0 Å². The SMILES string of the molecule is CCCCC1CCC(C2CCC(C#Cc3ccc(C#N)cc3)CC2)CC1. The normalized spacial score (nSPS) is 28.6. The van der Waals surface area contributed by atoms with Gasteiger partial charge in [-0.15, -0.1) is 0 Å². The van der Waals surface area contributed by atoms with E-state index >= 15 is 0 Å². The molecule has 1 heteroatoms. The molecule has 2 aliphatic carbocycles. The van der Waals surface area contributed by atoms with Gasteiger partial charge >= 0.3 is 0 Å². The van der Waals surface area contributed by atoms with Gasteiger partial charge in [0.1, 0.15) is 0 Å². The van der Waals surface area contributed by atoms with E-state index in [4.69, 9.17) is 5.26 Å². The fourth-order valence-electron chi connectivity index (χ4n) is 4.99. The van der Waals surface area contributed by atoms with E-state index in [0.29, 0.717) is 11.5 Å². The molecule has 0 N–H and O–H groups in total. The molecule has 2 fully saturated rings. The molecule has 0 bridgehead atoms. The first-order chi connectivity index (χ1) is 12.8. The van der Waals surface area contributed by atoms with Crippen LogP contribution in [0.4, 0.5) is 0 Å². The minimum absolute atomic E-state index is 0.572. The summed E-state index contributed by atoms with van der Waals surface area (Å²) in [5.74, 6) is 10.4. The molecule has 26 heavy (non-hydrogen) atoms. The minimum atomic E-state index is 0.572. The molecular formula is C25H33N. The lowest BCUT2D eigenvalue weighted by molar-refractivity contribution is 0.153. The van der Waals surface area contributed by atoms with Crippen LogP contribution in [0.5, 0.6) is 0 Å². The van der Waals surface area contributed by atoms with Crippen LogP contribution in [0, 0.1) is 46.8 Å². The Morgan fingerprint density at radius 2 is 1.42 bits per heavy atom. The van der Waals surface area contributed by atoms with Crippen molar-refractivity contribution in [3.05, 3.63) is 35.4 Å². The Morgan fingerprint density at radius 3 is 2.00 bits per heavy atom. The molecular weight excluding hydrogens is 314 g/mol.